The summed E-state index contributed by atoms with van der Waals surface area (Å²) in [6.07, 6.45) is 50.9. The summed E-state index contributed by atoms with van der Waals surface area (Å²) in [5.41, 5.74) is 10.8. The van der Waals surface area contributed by atoms with Gasteiger partial charge < -0.3 is 0 Å². The van der Waals surface area contributed by atoms with Gasteiger partial charge in [-0.15, -0.1) is 0 Å². The first-order chi connectivity index (χ1) is 48.3. The Bertz CT molecular complexity index is 2580. The van der Waals surface area contributed by atoms with Gasteiger partial charge in [0.05, 0.1) is 0 Å². The van der Waals surface area contributed by atoms with Crippen molar-refractivity contribution in [3.63, 3.8) is 0 Å². The molecule has 0 spiro atoms. The maximum atomic E-state index is 2.58. The zero-order valence-electron chi connectivity index (χ0n) is 79.2. The zero-order valence-corrected chi connectivity index (χ0v) is 79.2. The predicted octanol–water partition coefficient (Wildman–Crippen LogP) is 35.1. The highest BCUT2D eigenvalue weighted by Crippen LogP contribution is 2.77. The normalized spacial score (nSPS) is 52.7. The van der Waals surface area contributed by atoms with Crippen LogP contribution in [0.25, 0.3) is 0 Å². The Morgan fingerprint density at radius 3 is 0.667 bits per heavy atom. The molecule has 18 rings (SSSR count). The minimum absolute atomic E-state index is 0. The molecule has 0 heterocycles. The summed E-state index contributed by atoms with van der Waals surface area (Å²) in [6.45, 7) is 87.4. The van der Waals surface area contributed by atoms with Gasteiger partial charge in [0.15, 0.2) is 0 Å². The van der Waals surface area contributed by atoms with Crippen LogP contribution in [0.3, 0.4) is 0 Å². The molecular formula is C108H202. The predicted molar refractivity (Wildman–Crippen MR) is 481 cm³/mol. The van der Waals surface area contributed by atoms with Crippen molar-refractivity contribution in [1.29, 1.82) is 0 Å². The van der Waals surface area contributed by atoms with Crippen LogP contribution in [-0.2, 0) is 0 Å². The lowest BCUT2D eigenvalue weighted by atomic mass is 9.38. The van der Waals surface area contributed by atoms with E-state index < -0.39 is 0 Å². The van der Waals surface area contributed by atoms with Crippen molar-refractivity contribution in [3.05, 3.63) is 0 Å². The summed E-state index contributed by atoms with van der Waals surface area (Å²) < 4.78 is 0. The van der Waals surface area contributed by atoms with Crippen LogP contribution in [-0.4, -0.2) is 0 Å². The average molecular weight is 1500 g/mol. The number of hydrogen-bond donors (Lipinski definition) is 0. The molecule has 0 aromatic heterocycles. The molecule has 0 nitrogen and oxygen atoms in total. The molecule has 0 N–H and O–H groups in total. The van der Waals surface area contributed by atoms with Crippen LogP contribution in [0.5, 0.6) is 0 Å². The molecule has 18 aliphatic rings. The van der Waals surface area contributed by atoms with Gasteiger partial charge in [-0.05, 0) is 429 Å². The highest BCUT2D eigenvalue weighted by atomic mass is 14.7. The molecule has 108 heavy (non-hydrogen) atoms. The third-order valence-electron chi connectivity index (χ3n) is 37.7. The molecule has 0 saturated heterocycles. The average Bonchev–Trinajstić information content (AvgIpc) is 1.41. The van der Waals surface area contributed by atoms with Gasteiger partial charge in [0.2, 0.25) is 0 Å². The molecule has 0 amide bonds. The Kier molecular flexibility index (Phi) is 27.9. The molecule has 18 aliphatic carbocycles. The molecule has 18 saturated carbocycles. The van der Waals surface area contributed by atoms with Crippen molar-refractivity contribution in [2.75, 3.05) is 0 Å². The topological polar surface area (TPSA) is 0 Å². The van der Waals surface area contributed by atoms with E-state index in [9.17, 15) is 0 Å². The van der Waals surface area contributed by atoms with Crippen LogP contribution in [0, 0.1) is 211 Å². The third-order valence-corrected chi connectivity index (χ3v) is 37.7. The van der Waals surface area contributed by atoms with E-state index in [4.69, 9.17) is 0 Å². The van der Waals surface area contributed by atoms with E-state index in [0.717, 1.165) is 146 Å². The Morgan fingerprint density at radius 2 is 0.435 bits per heavy atom. The lowest BCUT2D eigenvalue weighted by Crippen LogP contribution is -2.56. The fourth-order valence-corrected chi connectivity index (χ4v) is 40.3. The van der Waals surface area contributed by atoms with E-state index in [2.05, 4.69) is 242 Å². The summed E-state index contributed by atoms with van der Waals surface area (Å²) >= 11 is 0. The van der Waals surface area contributed by atoms with Crippen LogP contribution >= 0.6 is 0 Å². The van der Waals surface area contributed by atoms with Crippen LogP contribution in [0.1, 0.15) is 475 Å². The summed E-state index contributed by atoms with van der Waals surface area (Å²) in [7, 11) is 0. The minimum Gasteiger partial charge on any atom is -0.0776 e. The molecule has 0 aliphatic heterocycles. The third kappa shape index (κ3) is 19.8. The van der Waals surface area contributed by atoms with Gasteiger partial charge in [-0.3, -0.25) is 0 Å². The largest absolute Gasteiger partial charge is 0.0776 e. The molecule has 18 fully saturated rings. The van der Waals surface area contributed by atoms with E-state index in [1.165, 1.54) is 199 Å². The van der Waals surface area contributed by atoms with Crippen molar-refractivity contribution < 1.29 is 0 Å². The molecule has 0 aromatic rings. The van der Waals surface area contributed by atoms with Crippen molar-refractivity contribution in [2.24, 2.45) is 211 Å². The first kappa shape index (κ1) is 93.5. The molecular weight excluding hydrogens is 1300 g/mol. The lowest BCUT2D eigenvalue weighted by molar-refractivity contribution is -0.162. The van der Waals surface area contributed by atoms with Crippen LogP contribution in [0.2, 0.25) is 0 Å². The quantitative estimate of drug-likeness (QED) is 0.238. The Labute approximate surface area is 682 Å². The molecule has 18 bridgehead atoms. The van der Waals surface area contributed by atoms with Gasteiger partial charge in [-0.1, -0.05) is 257 Å². The molecule has 634 valence electrons. The SMILES string of the molecule is C.C.CC(C)C12CC3(C)CC1CC(C)(C3)C2.CC(C)C12CC3CC(C)(CC(C)(C3)C1)C2.CC1CC2(C)CC(C(C)C)CC(C)(C1)C2.CC1CC2(C)CC(C(C)C)CC(C)(C1)C2.CC1CC2(C)CC(C)CC(C(C)C)(C1)C2.CC1CC2(C)CC(C)CC(C)(C1)C2C(C)C.CC1CC2(C)CC(C)CC(C)(C1)C2C(C)C. The standard InChI is InChI=1S/2C16H30.C15H26.3C15H28.C14H24.2CH4/c2*1-11(2)14-15(5)7-12(3)8-16(14,6)10-13(4)9-15;1-11(2)15-7-12-5-13(3,9-15)8-14(4,6-12)10-15;1-11(2)15-8-12(3)6-14(5,10-15)7-13(4)9-15;2*1-11(2)13-8-14(4)6-12(3)7-15(5,9-13)10-14;1-10(2)14-8-12(3)5-11(14)6-13(4,7-12)9-14;;/h2*11-14H,7-10H2,1-6H3;11-12H,5-10H2,1-4H3;3*11-13H,6-10H2,1-5H3;10-11H,5-9H2,1-4H3;2*1H4. The lowest BCUT2D eigenvalue weighted by Gasteiger charge is -2.67. The monoisotopic (exact) mass is 1500 g/mol. The van der Waals surface area contributed by atoms with Gasteiger partial charge in [-0.25, -0.2) is 0 Å². The second-order valence-corrected chi connectivity index (χ2v) is 54.9. The molecule has 0 radical (unpaired) electrons. The van der Waals surface area contributed by atoms with Gasteiger partial charge in [0, 0.05) is 0 Å². The highest BCUT2D eigenvalue weighted by molar-refractivity contribution is 5.17. The molecule has 10 atom stereocenters. The molecule has 0 heteroatoms. The van der Waals surface area contributed by atoms with E-state index in [1.54, 1.807) is 19.3 Å². The smallest absolute Gasteiger partial charge is 0.0235 e. The Hall–Kier alpha value is 0. The van der Waals surface area contributed by atoms with Crippen molar-refractivity contribution in [2.45, 2.75) is 475 Å². The summed E-state index contributed by atoms with van der Waals surface area (Å²) in [6, 6.07) is 0. The molecule has 0 aromatic carbocycles. The van der Waals surface area contributed by atoms with Crippen LogP contribution in [0.4, 0.5) is 0 Å². The van der Waals surface area contributed by atoms with Crippen molar-refractivity contribution in [3.8, 4) is 0 Å². The summed E-state index contributed by atoms with van der Waals surface area (Å²) in [5, 5.41) is 0. The van der Waals surface area contributed by atoms with Crippen LogP contribution in [0.15, 0.2) is 0 Å². The molecule has 10 unspecified atom stereocenters. The first-order valence-corrected chi connectivity index (χ1v) is 48.3. The second-order valence-electron chi connectivity index (χ2n) is 54.9. The summed E-state index contributed by atoms with van der Waals surface area (Å²) in [5.74, 6) is 19.8. The van der Waals surface area contributed by atoms with E-state index >= 15 is 0 Å². The van der Waals surface area contributed by atoms with E-state index in [1.807, 2.05) is 0 Å². The fourth-order valence-electron chi connectivity index (χ4n) is 40.3. The minimum atomic E-state index is 0. The van der Waals surface area contributed by atoms with Crippen molar-refractivity contribution >= 4 is 0 Å². The maximum Gasteiger partial charge on any atom is -0.0235 e. The zero-order chi connectivity index (χ0) is 79.2. The highest BCUT2D eigenvalue weighted by Gasteiger charge is 2.68. The Morgan fingerprint density at radius 1 is 0.204 bits per heavy atom. The van der Waals surface area contributed by atoms with Gasteiger partial charge in [0.1, 0.15) is 0 Å². The van der Waals surface area contributed by atoms with Crippen LogP contribution < -0.4 is 0 Å². The van der Waals surface area contributed by atoms with Gasteiger partial charge >= 0.3 is 0 Å². The Balaban J connectivity index is 0.000000158. The number of rotatable bonds is 7. The first-order valence-electron chi connectivity index (χ1n) is 48.3. The van der Waals surface area contributed by atoms with E-state index in [0.29, 0.717) is 65.0 Å². The summed E-state index contributed by atoms with van der Waals surface area (Å²) in [4.78, 5) is 0. The second kappa shape index (κ2) is 32.3. The maximum absolute atomic E-state index is 2.58. The van der Waals surface area contributed by atoms with Gasteiger partial charge in [0.25, 0.3) is 0 Å². The van der Waals surface area contributed by atoms with Gasteiger partial charge in [-0.2, -0.15) is 0 Å². The van der Waals surface area contributed by atoms with Crippen molar-refractivity contribution in [1.82, 2.24) is 0 Å². The fraction of sp³-hybridized carbons (Fsp3) is 1.00. The van der Waals surface area contributed by atoms with E-state index in [-0.39, 0.29) is 14.9 Å². The number of hydrogen-bond acceptors (Lipinski definition) is 0. The number of fused-ring (bicyclic) bond motifs is 10.